The largest absolute Gasteiger partial charge is 0.361 e. The summed E-state index contributed by atoms with van der Waals surface area (Å²) in [7, 11) is 0.934. The molecule has 0 radical (unpaired) electrons. The smallest absolute Gasteiger partial charge is 0.211 e. The summed E-state index contributed by atoms with van der Waals surface area (Å²) in [4.78, 5) is 8.13. The molecular formula is C42H60N6O4S2. The lowest BCUT2D eigenvalue weighted by molar-refractivity contribution is 0.256. The van der Waals surface area contributed by atoms with Crippen LogP contribution in [0.2, 0.25) is 0 Å². The zero-order valence-electron chi connectivity index (χ0n) is 31.6. The van der Waals surface area contributed by atoms with Crippen molar-refractivity contribution in [3.05, 3.63) is 107 Å². The molecule has 2 fully saturated rings. The van der Waals surface area contributed by atoms with Gasteiger partial charge in [-0.2, -0.15) is 0 Å². The summed E-state index contributed by atoms with van der Waals surface area (Å²) >= 11 is 0. The third-order valence-electron chi connectivity index (χ3n) is 11.2. The molecule has 3 aromatic carbocycles. The lowest BCUT2D eigenvalue weighted by Gasteiger charge is -2.28. The van der Waals surface area contributed by atoms with Crippen LogP contribution in [0.3, 0.4) is 0 Å². The van der Waals surface area contributed by atoms with Crippen molar-refractivity contribution in [1.82, 2.24) is 28.8 Å². The fraction of sp³-hybridized carbons (Fsp3) is 0.476. The third kappa shape index (κ3) is 10.6. The second-order valence-electron chi connectivity index (χ2n) is 14.9. The van der Waals surface area contributed by atoms with Gasteiger partial charge in [0.2, 0.25) is 20.0 Å². The topological polar surface area (TPSA) is 120 Å². The molecule has 4 heterocycles. The van der Waals surface area contributed by atoms with E-state index in [2.05, 4.69) is 110 Å². The van der Waals surface area contributed by atoms with Gasteiger partial charge in [-0.25, -0.2) is 26.3 Å². The molecule has 12 heteroatoms. The number of aryl methyl sites for hydroxylation is 2. The first-order chi connectivity index (χ1) is 25.4. The molecule has 2 aromatic heterocycles. The second-order valence-corrected chi connectivity index (χ2v) is 19.0. The molecule has 0 unspecified atom stereocenters. The summed E-state index contributed by atoms with van der Waals surface area (Å²) in [5.74, 6) is 1.39. The fourth-order valence-corrected chi connectivity index (χ4v) is 9.21. The first kappa shape index (κ1) is 41.6. The van der Waals surface area contributed by atoms with E-state index in [9.17, 15) is 16.8 Å². The number of H-pyrrole nitrogens is 1. The minimum absolute atomic E-state index is 0. The molecular weight excluding hydrogens is 717 g/mol. The van der Waals surface area contributed by atoms with Crippen molar-refractivity contribution in [3.63, 3.8) is 0 Å². The van der Waals surface area contributed by atoms with Crippen LogP contribution in [0.5, 0.6) is 0 Å². The van der Waals surface area contributed by atoms with Crippen molar-refractivity contribution in [3.8, 4) is 0 Å². The van der Waals surface area contributed by atoms with Gasteiger partial charge in [-0.3, -0.25) is 0 Å². The Kier molecular flexibility index (Phi) is 14.2. The Hall–Kier alpha value is -3.52. The average molecular weight is 777 g/mol. The van der Waals surface area contributed by atoms with Gasteiger partial charge >= 0.3 is 0 Å². The van der Waals surface area contributed by atoms with Gasteiger partial charge in [0.05, 0.1) is 11.5 Å². The molecule has 2 saturated heterocycles. The number of rotatable bonds is 12. The number of hydrogen-bond acceptors (Lipinski definition) is 6. The molecule has 0 saturated carbocycles. The number of nitrogens with one attached hydrogen (secondary N) is 3. The van der Waals surface area contributed by atoms with E-state index in [4.69, 9.17) is 0 Å². The van der Waals surface area contributed by atoms with Crippen LogP contribution < -0.4 is 9.44 Å². The van der Waals surface area contributed by atoms with Crippen molar-refractivity contribution in [2.75, 3.05) is 65.9 Å². The predicted molar refractivity (Wildman–Crippen MR) is 225 cm³/mol. The van der Waals surface area contributed by atoms with E-state index in [0.29, 0.717) is 24.7 Å². The third-order valence-corrected chi connectivity index (χ3v) is 13.9. The first-order valence-corrected chi connectivity index (χ1v) is 22.2. The Labute approximate surface area is 323 Å². The zero-order valence-corrected chi connectivity index (χ0v) is 33.3. The highest BCUT2D eigenvalue weighted by molar-refractivity contribution is 7.89. The van der Waals surface area contributed by atoms with Crippen LogP contribution in [0, 0.1) is 0 Å². The van der Waals surface area contributed by atoms with Gasteiger partial charge in [-0.15, -0.1) is 0 Å². The van der Waals surface area contributed by atoms with Crippen LogP contribution in [-0.2, 0) is 39.4 Å². The molecule has 0 aliphatic carbocycles. The number of benzene rings is 3. The van der Waals surface area contributed by atoms with E-state index >= 15 is 0 Å². The summed E-state index contributed by atoms with van der Waals surface area (Å²) in [6.45, 7) is 5.36. The normalized spacial score (nSPS) is 16.7. The van der Waals surface area contributed by atoms with Crippen molar-refractivity contribution in [2.24, 2.45) is 0 Å². The Morgan fingerprint density at radius 2 is 1.19 bits per heavy atom. The maximum absolute atomic E-state index is 11.9. The van der Waals surface area contributed by atoms with E-state index in [1.54, 1.807) is 0 Å². The molecule has 3 N–H and O–H groups in total. The van der Waals surface area contributed by atoms with Gasteiger partial charge in [0.1, 0.15) is 0 Å². The lowest BCUT2D eigenvalue weighted by atomic mass is 9.89. The Morgan fingerprint density at radius 3 is 1.74 bits per heavy atom. The molecule has 54 heavy (non-hydrogen) atoms. The zero-order chi connectivity index (χ0) is 37.6. The number of aromatic nitrogens is 2. The van der Waals surface area contributed by atoms with Crippen LogP contribution in [-0.4, -0.2) is 102 Å². The maximum Gasteiger partial charge on any atom is 0.211 e. The Balaban J connectivity index is 0.000000211. The highest BCUT2D eigenvalue weighted by atomic mass is 32.2. The van der Waals surface area contributed by atoms with Crippen LogP contribution in [0.4, 0.5) is 0 Å². The van der Waals surface area contributed by atoms with Crippen molar-refractivity contribution >= 4 is 41.9 Å². The number of aromatic amines is 1. The van der Waals surface area contributed by atoms with E-state index < -0.39 is 20.0 Å². The molecule has 5 aromatic rings. The monoisotopic (exact) mass is 776 g/mol. The number of likely N-dealkylation sites (tertiary alicyclic amines) is 2. The van der Waals surface area contributed by atoms with Crippen molar-refractivity contribution < 1.29 is 16.8 Å². The van der Waals surface area contributed by atoms with Crippen LogP contribution in [0.1, 0.15) is 72.8 Å². The predicted octanol–water partition coefficient (Wildman–Crippen LogP) is 6.30. The fourth-order valence-electron chi connectivity index (χ4n) is 7.79. The molecule has 0 bridgehead atoms. The van der Waals surface area contributed by atoms with E-state index in [0.717, 1.165) is 49.4 Å². The number of hydrogen-bond donors (Lipinski definition) is 3. The van der Waals surface area contributed by atoms with Crippen LogP contribution >= 0.6 is 0 Å². The number of fused-ring (bicyclic) bond motifs is 2. The van der Waals surface area contributed by atoms with Crippen molar-refractivity contribution in [2.45, 2.75) is 64.3 Å². The first-order valence-electron chi connectivity index (χ1n) is 18.9. The second kappa shape index (κ2) is 18.4. The van der Waals surface area contributed by atoms with Gasteiger partial charge in [-0.1, -0.05) is 49.9 Å². The Bertz CT molecular complexity index is 2180. The quantitative estimate of drug-likeness (QED) is 0.137. The van der Waals surface area contributed by atoms with Crippen LogP contribution in [0.15, 0.2) is 79.1 Å². The van der Waals surface area contributed by atoms with Crippen LogP contribution in [0.25, 0.3) is 21.8 Å². The number of sulfonamides is 2. The van der Waals surface area contributed by atoms with Gasteiger partial charge in [0.25, 0.3) is 0 Å². The van der Waals surface area contributed by atoms with E-state index in [1.165, 1.54) is 72.8 Å². The maximum atomic E-state index is 11.9. The lowest BCUT2D eigenvalue weighted by Crippen LogP contribution is -2.29. The summed E-state index contributed by atoms with van der Waals surface area (Å²) in [6, 6.07) is 23.2. The molecule has 10 nitrogen and oxygen atoms in total. The summed E-state index contributed by atoms with van der Waals surface area (Å²) in [5, 5.41) is 2.53. The molecule has 0 amide bonds. The molecule has 294 valence electrons. The van der Waals surface area contributed by atoms with E-state index in [1.807, 2.05) is 12.1 Å². The average Bonchev–Trinajstić information content (AvgIpc) is 3.75. The van der Waals surface area contributed by atoms with Gasteiger partial charge in [0.15, 0.2) is 0 Å². The molecule has 0 spiro atoms. The summed E-state index contributed by atoms with van der Waals surface area (Å²) < 4.78 is 54.1. The number of nitrogens with zero attached hydrogens (tertiary/aromatic N) is 3. The summed E-state index contributed by atoms with van der Waals surface area (Å²) in [6.07, 6.45) is 10.2. The standard InChI is InChI=1S/C24H31N3O2S.C17H25N3O2S.CH4/c1-25-30(28,29)15-12-19-8-9-24-22(16-19)23(21-10-13-26(2)14-11-21)18-27(24)17-20-6-4-3-5-7-20;1-18-23(21,22)10-7-13-3-4-17-15(11-13)16(12-19-17)14-5-8-20(2)9-6-14;/h3-9,16,18,21,25H,10-15,17H2,1-2H3;3-4,11-12,14,18-19H,5-10H2,1-2H3;1H4. The molecule has 2 aliphatic rings. The molecule has 2 aliphatic heterocycles. The molecule has 7 rings (SSSR count). The van der Waals surface area contributed by atoms with Gasteiger partial charge < -0.3 is 19.4 Å². The minimum atomic E-state index is -3.20. The minimum Gasteiger partial charge on any atom is -0.361 e. The van der Waals surface area contributed by atoms with E-state index in [-0.39, 0.29) is 18.9 Å². The molecule has 0 atom stereocenters. The number of piperidine rings is 2. The van der Waals surface area contributed by atoms with Gasteiger partial charge in [0, 0.05) is 40.7 Å². The Morgan fingerprint density at radius 1 is 0.667 bits per heavy atom. The SMILES string of the molecule is C.CNS(=O)(=O)CCc1ccc2[nH]cc(C3CCN(C)CC3)c2c1.CNS(=O)(=O)CCc1ccc2c(c1)c(C1CCN(C)CC1)cn2Cc1ccccc1. The highest BCUT2D eigenvalue weighted by Gasteiger charge is 2.24. The summed E-state index contributed by atoms with van der Waals surface area (Å²) in [5.41, 5.74) is 8.59. The van der Waals surface area contributed by atoms with Crippen molar-refractivity contribution in [1.29, 1.82) is 0 Å². The van der Waals surface area contributed by atoms with Gasteiger partial charge in [-0.05, 0) is 157 Å². The highest BCUT2D eigenvalue weighted by Crippen LogP contribution is 2.36.